The van der Waals surface area contributed by atoms with Crippen LogP contribution in [0.25, 0.3) is 0 Å². The van der Waals surface area contributed by atoms with E-state index in [1.54, 1.807) is 0 Å². The molecule has 1 aliphatic heterocycles. The van der Waals surface area contributed by atoms with Gasteiger partial charge in [-0.25, -0.2) is 0 Å². The van der Waals surface area contributed by atoms with Crippen molar-refractivity contribution in [1.82, 2.24) is 9.80 Å². The summed E-state index contributed by atoms with van der Waals surface area (Å²) >= 11 is 0. The highest BCUT2D eigenvalue weighted by molar-refractivity contribution is 5.95. The number of likely N-dealkylation sites (tertiary alicyclic amines) is 1. The Morgan fingerprint density at radius 2 is 1.46 bits per heavy atom. The van der Waals surface area contributed by atoms with E-state index in [0.717, 1.165) is 43.7 Å². The number of amides is 1. The number of benzene rings is 2. The number of carbonyl (C=O) groups is 1. The number of hydrogen-bond acceptors (Lipinski definition) is 2. The zero-order chi connectivity index (χ0) is 20.1. The lowest BCUT2D eigenvalue weighted by molar-refractivity contribution is -0.132. The summed E-state index contributed by atoms with van der Waals surface area (Å²) in [5, 5.41) is 0. The molecule has 1 amide bonds. The summed E-state index contributed by atoms with van der Waals surface area (Å²) in [6.45, 7) is 12.6. The molecule has 3 rings (SSSR count). The van der Waals surface area contributed by atoms with Gasteiger partial charge in [-0.05, 0) is 51.0 Å². The van der Waals surface area contributed by atoms with Crippen molar-refractivity contribution in [3.05, 3.63) is 71.8 Å². The van der Waals surface area contributed by atoms with Crippen LogP contribution in [-0.4, -0.2) is 47.9 Å². The molecule has 2 aromatic rings. The van der Waals surface area contributed by atoms with Crippen LogP contribution in [0.1, 0.15) is 45.2 Å². The van der Waals surface area contributed by atoms with E-state index in [1.165, 1.54) is 0 Å². The van der Waals surface area contributed by atoms with Gasteiger partial charge in [0.25, 0.3) is 0 Å². The van der Waals surface area contributed by atoms with Crippen LogP contribution in [0.2, 0.25) is 0 Å². The van der Waals surface area contributed by atoms with Gasteiger partial charge < -0.3 is 9.80 Å². The maximum Gasteiger partial charge on any atom is 0.238 e. The zero-order valence-corrected chi connectivity index (χ0v) is 17.8. The summed E-state index contributed by atoms with van der Waals surface area (Å²) in [6, 6.07) is 21.1. The van der Waals surface area contributed by atoms with Crippen molar-refractivity contribution in [2.45, 2.75) is 45.6 Å². The summed E-state index contributed by atoms with van der Waals surface area (Å²) in [6.07, 6.45) is 1.01. The first-order valence-corrected chi connectivity index (χ1v) is 10.7. The SMILES string of the molecule is CCN(CC)CCC1CN(C(C)C)C(=O)C1(c1ccccc1)c1ccccc1. The maximum absolute atomic E-state index is 14.0. The molecule has 0 N–H and O–H groups in total. The Balaban J connectivity index is 2.12. The lowest BCUT2D eigenvalue weighted by Crippen LogP contribution is -2.44. The molecule has 1 saturated heterocycles. The summed E-state index contributed by atoms with van der Waals surface area (Å²) < 4.78 is 0. The van der Waals surface area contributed by atoms with Gasteiger partial charge in [-0.3, -0.25) is 4.79 Å². The molecule has 1 heterocycles. The summed E-state index contributed by atoms with van der Waals surface area (Å²) in [5.41, 5.74) is 1.65. The van der Waals surface area contributed by atoms with Gasteiger partial charge in [0.15, 0.2) is 0 Å². The van der Waals surface area contributed by atoms with Crippen LogP contribution < -0.4 is 0 Å². The molecule has 3 nitrogen and oxygen atoms in total. The molecule has 0 aromatic heterocycles. The molecule has 0 saturated carbocycles. The molecule has 1 aliphatic rings. The summed E-state index contributed by atoms with van der Waals surface area (Å²) in [7, 11) is 0. The van der Waals surface area contributed by atoms with E-state index in [0.29, 0.717) is 0 Å². The third-order valence-corrected chi connectivity index (χ3v) is 6.40. The van der Waals surface area contributed by atoms with Gasteiger partial charge in [-0.2, -0.15) is 0 Å². The highest BCUT2D eigenvalue weighted by atomic mass is 16.2. The molecule has 0 aliphatic carbocycles. The van der Waals surface area contributed by atoms with Gasteiger partial charge in [-0.1, -0.05) is 74.5 Å². The van der Waals surface area contributed by atoms with Gasteiger partial charge in [-0.15, -0.1) is 0 Å². The molecular weight excluding hydrogens is 344 g/mol. The average molecular weight is 379 g/mol. The molecule has 1 unspecified atom stereocenters. The van der Waals surface area contributed by atoms with Crippen LogP contribution in [-0.2, 0) is 10.2 Å². The zero-order valence-electron chi connectivity index (χ0n) is 17.8. The Labute approximate surface area is 170 Å². The molecule has 1 atom stereocenters. The van der Waals surface area contributed by atoms with E-state index < -0.39 is 5.41 Å². The van der Waals surface area contributed by atoms with Crippen molar-refractivity contribution in [2.24, 2.45) is 5.92 Å². The largest absolute Gasteiger partial charge is 0.339 e. The molecule has 1 fully saturated rings. The van der Waals surface area contributed by atoms with Crippen molar-refractivity contribution in [3.8, 4) is 0 Å². The van der Waals surface area contributed by atoms with Gasteiger partial charge in [0.05, 0.1) is 0 Å². The lowest BCUT2D eigenvalue weighted by Gasteiger charge is -2.35. The predicted molar refractivity (Wildman–Crippen MR) is 116 cm³/mol. The van der Waals surface area contributed by atoms with E-state index in [9.17, 15) is 4.79 Å². The molecule has 28 heavy (non-hydrogen) atoms. The molecular formula is C25H34N2O. The third kappa shape index (κ3) is 3.60. The Morgan fingerprint density at radius 1 is 0.964 bits per heavy atom. The third-order valence-electron chi connectivity index (χ3n) is 6.40. The second kappa shape index (κ2) is 8.91. The van der Waals surface area contributed by atoms with Crippen LogP contribution in [0.3, 0.4) is 0 Å². The molecule has 0 radical (unpaired) electrons. The average Bonchev–Trinajstić information content (AvgIpc) is 3.03. The minimum atomic E-state index is -0.597. The first-order valence-electron chi connectivity index (χ1n) is 10.7. The monoisotopic (exact) mass is 378 g/mol. The summed E-state index contributed by atoms with van der Waals surface area (Å²) in [5.74, 6) is 0.511. The van der Waals surface area contributed by atoms with Gasteiger partial charge >= 0.3 is 0 Å². The molecule has 150 valence electrons. The lowest BCUT2D eigenvalue weighted by atomic mass is 9.66. The van der Waals surface area contributed by atoms with Crippen molar-refractivity contribution in [2.75, 3.05) is 26.2 Å². The van der Waals surface area contributed by atoms with Crippen molar-refractivity contribution >= 4 is 5.91 Å². The first kappa shape index (κ1) is 20.6. The first-order chi connectivity index (χ1) is 13.6. The second-order valence-corrected chi connectivity index (χ2v) is 8.10. The van der Waals surface area contributed by atoms with Crippen LogP contribution in [0.5, 0.6) is 0 Å². The minimum Gasteiger partial charge on any atom is -0.339 e. The Hall–Kier alpha value is -2.13. The van der Waals surface area contributed by atoms with Crippen LogP contribution in [0.4, 0.5) is 0 Å². The quantitative estimate of drug-likeness (QED) is 0.672. The van der Waals surface area contributed by atoms with Gasteiger partial charge in [0.2, 0.25) is 5.91 Å². The summed E-state index contributed by atoms with van der Waals surface area (Å²) in [4.78, 5) is 18.5. The topological polar surface area (TPSA) is 23.6 Å². The van der Waals surface area contributed by atoms with Crippen molar-refractivity contribution in [1.29, 1.82) is 0 Å². The van der Waals surface area contributed by atoms with Gasteiger partial charge in [0.1, 0.15) is 5.41 Å². The Morgan fingerprint density at radius 3 is 1.89 bits per heavy atom. The van der Waals surface area contributed by atoms with Crippen molar-refractivity contribution in [3.63, 3.8) is 0 Å². The van der Waals surface area contributed by atoms with E-state index in [4.69, 9.17) is 0 Å². The van der Waals surface area contributed by atoms with Crippen LogP contribution in [0, 0.1) is 5.92 Å². The molecule has 0 bridgehead atoms. The predicted octanol–water partition coefficient (Wildman–Crippen LogP) is 4.57. The van der Waals surface area contributed by atoms with Gasteiger partial charge in [0, 0.05) is 18.5 Å². The molecule has 2 aromatic carbocycles. The normalized spacial score (nSPS) is 19.0. The Kier molecular flexibility index (Phi) is 6.56. The van der Waals surface area contributed by atoms with Crippen molar-refractivity contribution < 1.29 is 4.79 Å². The van der Waals surface area contributed by atoms with Crippen LogP contribution >= 0.6 is 0 Å². The number of rotatable bonds is 8. The highest BCUT2D eigenvalue weighted by Crippen LogP contribution is 2.47. The molecule has 3 heteroatoms. The van der Waals surface area contributed by atoms with E-state index in [1.807, 2.05) is 12.1 Å². The van der Waals surface area contributed by atoms with Crippen LogP contribution in [0.15, 0.2) is 60.7 Å². The number of hydrogen-bond donors (Lipinski definition) is 0. The standard InChI is InChI=1S/C25H34N2O/c1-5-26(6-2)18-17-23-19-27(20(3)4)24(28)25(23,21-13-9-7-10-14-21)22-15-11-8-12-16-22/h7-16,20,23H,5-6,17-19H2,1-4H3. The maximum atomic E-state index is 14.0. The van der Waals surface area contributed by atoms with E-state index in [2.05, 4.69) is 86.0 Å². The van der Waals surface area contributed by atoms with E-state index >= 15 is 0 Å². The fourth-order valence-electron chi connectivity index (χ4n) is 4.78. The highest BCUT2D eigenvalue weighted by Gasteiger charge is 2.56. The number of carbonyl (C=O) groups excluding carboxylic acids is 1. The number of nitrogens with zero attached hydrogens (tertiary/aromatic N) is 2. The Bertz CT molecular complexity index is 713. The smallest absolute Gasteiger partial charge is 0.238 e. The second-order valence-electron chi connectivity index (χ2n) is 8.10. The fourth-order valence-corrected chi connectivity index (χ4v) is 4.78. The van der Waals surface area contributed by atoms with E-state index in [-0.39, 0.29) is 17.9 Å². The minimum absolute atomic E-state index is 0.206. The fraction of sp³-hybridized carbons (Fsp3) is 0.480. The molecule has 0 spiro atoms.